The van der Waals surface area contributed by atoms with Crippen LogP contribution in [0.4, 0.5) is 0 Å². The molecule has 0 aliphatic rings. The summed E-state index contributed by atoms with van der Waals surface area (Å²) in [6, 6.07) is 10.0. The fourth-order valence-corrected chi connectivity index (χ4v) is 5.29. The standard InChI is InChI=1S/C9H12Cl2Te/c1-8(2)12(10,11)9-6-4-3-5-7-9/h3-8H,1-2H3. The summed E-state index contributed by atoms with van der Waals surface area (Å²) in [5.74, 6) is 0. The molecule has 12 heavy (non-hydrogen) atoms. The molecule has 3 heteroatoms. The van der Waals surface area contributed by atoms with Crippen LogP contribution < -0.4 is 3.61 Å². The van der Waals surface area contributed by atoms with Crippen LogP contribution in [0, 0.1) is 0 Å². The molecular weight excluding hydrogens is 307 g/mol. The zero-order chi connectivity index (χ0) is 9.19. The molecular formula is C9H12Cl2Te. The molecule has 0 bridgehead atoms. The summed E-state index contributed by atoms with van der Waals surface area (Å²) in [4.78, 5) is 0. The number of rotatable bonds is 2. The van der Waals surface area contributed by atoms with Gasteiger partial charge in [0.1, 0.15) is 0 Å². The van der Waals surface area contributed by atoms with Crippen LogP contribution in [0.1, 0.15) is 13.8 Å². The summed E-state index contributed by atoms with van der Waals surface area (Å²) >= 11 is -2.75. The van der Waals surface area contributed by atoms with Crippen LogP contribution in [0.15, 0.2) is 30.3 Å². The molecule has 0 fully saturated rings. The van der Waals surface area contributed by atoms with Gasteiger partial charge in [0.05, 0.1) is 0 Å². The molecule has 0 aromatic heterocycles. The summed E-state index contributed by atoms with van der Waals surface area (Å²) in [5, 5.41) is 0. The molecule has 1 aromatic rings. The Morgan fingerprint density at radius 3 is 2.00 bits per heavy atom. The summed E-state index contributed by atoms with van der Waals surface area (Å²) in [5.41, 5.74) is 0. The second kappa shape index (κ2) is 4.20. The van der Waals surface area contributed by atoms with E-state index < -0.39 is 15.9 Å². The first-order valence-electron chi connectivity index (χ1n) is 3.81. The maximum absolute atomic E-state index is 6.35. The van der Waals surface area contributed by atoms with Gasteiger partial charge in [0.25, 0.3) is 0 Å². The van der Waals surface area contributed by atoms with Crippen LogP contribution in [-0.4, -0.2) is 15.9 Å². The van der Waals surface area contributed by atoms with Gasteiger partial charge in [-0.2, -0.15) is 0 Å². The predicted molar refractivity (Wildman–Crippen MR) is 58.6 cm³/mol. The minimum absolute atomic E-state index is 0.401. The summed E-state index contributed by atoms with van der Waals surface area (Å²) in [6.07, 6.45) is 0. The SMILES string of the molecule is CC(C)[Te](Cl)(Cl)c1ccccc1. The molecule has 0 spiro atoms. The van der Waals surface area contributed by atoms with Crippen LogP contribution in [0.5, 0.6) is 0 Å². The van der Waals surface area contributed by atoms with E-state index in [1.54, 1.807) is 0 Å². The fraction of sp³-hybridized carbons (Fsp3) is 0.333. The van der Waals surface area contributed by atoms with Crippen molar-refractivity contribution in [3.63, 3.8) is 0 Å². The van der Waals surface area contributed by atoms with E-state index in [0.29, 0.717) is 3.97 Å². The predicted octanol–water partition coefficient (Wildman–Crippen LogP) is 3.22. The second-order valence-electron chi connectivity index (χ2n) is 2.87. The molecule has 0 heterocycles. The van der Waals surface area contributed by atoms with Gasteiger partial charge in [0.2, 0.25) is 0 Å². The Morgan fingerprint density at radius 2 is 1.58 bits per heavy atom. The number of hydrogen-bond donors (Lipinski definition) is 0. The molecule has 0 amide bonds. The van der Waals surface area contributed by atoms with E-state index in [1.165, 1.54) is 0 Å². The van der Waals surface area contributed by atoms with Crippen molar-refractivity contribution in [1.82, 2.24) is 0 Å². The molecule has 0 atom stereocenters. The minimum atomic E-state index is -2.75. The van der Waals surface area contributed by atoms with Gasteiger partial charge in [-0.1, -0.05) is 0 Å². The summed E-state index contributed by atoms with van der Waals surface area (Å²) in [6.45, 7) is 4.18. The Kier molecular flexibility index (Phi) is 3.73. The van der Waals surface area contributed by atoms with Crippen molar-refractivity contribution in [2.24, 2.45) is 0 Å². The van der Waals surface area contributed by atoms with Crippen molar-refractivity contribution < 1.29 is 0 Å². The van der Waals surface area contributed by atoms with E-state index in [4.69, 9.17) is 17.9 Å². The number of halogens is 2. The van der Waals surface area contributed by atoms with Crippen LogP contribution in [0.25, 0.3) is 0 Å². The van der Waals surface area contributed by atoms with Crippen LogP contribution in [-0.2, 0) is 0 Å². The van der Waals surface area contributed by atoms with Crippen molar-refractivity contribution in [3.8, 4) is 0 Å². The first-order chi connectivity index (χ1) is 5.55. The molecule has 0 radical (unpaired) electrons. The third kappa shape index (κ3) is 2.30. The third-order valence-corrected chi connectivity index (χ3v) is 14.8. The quantitative estimate of drug-likeness (QED) is 0.735. The average Bonchev–Trinajstić information content (AvgIpc) is 2.06. The number of hydrogen-bond acceptors (Lipinski definition) is 0. The molecule has 0 unspecified atom stereocenters. The molecule has 0 nitrogen and oxygen atoms in total. The van der Waals surface area contributed by atoms with Gasteiger partial charge < -0.3 is 0 Å². The van der Waals surface area contributed by atoms with Gasteiger partial charge in [0.15, 0.2) is 0 Å². The van der Waals surface area contributed by atoms with Crippen LogP contribution in [0.3, 0.4) is 0 Å². The van der Waals surface area contributed by atoms with E-state index >= 15 is 0 Å². The summed E-state index contributed by atoms with van der Waals surface area (Å²) < 4.78 is 1.55. The van der Waals surface area contributed by atoms with E-state index in [0.717, 1.165) is 3.61 Å². The monoisotopic (exact) mass is 320 g/mol. The first kappa shape index (κ1) is 10.7. The molecule has 68 valence electrons. The topological polar surface area (TPSA) is 0 Å². The fourth-order valence-electron chi connectivity index (χ4n) is 0.874. The number of benzene rings is 1. The Labute approximate surface area is 85.2 Å². The van der Waals surface area contributed by atoms with E-state index in [-0.39, 0.29) is 0 Å². The average molecular weight is 319 g/mol. The zero-order valence-electron chi connectivity index (χ0n) is 7.13. The van der Waals surface area contributed by atoms with Gasteiger partial charge in [-0.05, 0) is 0 Å². The van der Waals surface area contributed by atoms with Gasteiger partial charge in [-0.15, -0.1) is 0 Å². The molecule has 0 aliphatic carbocycles. The Bertz CT molecular complexity index is 244. The molecule has 0 aliphatic heterocycles. The van der Waals surface area contributed by atoms with Gasteiger partial charge in [0, 0.05) is 0 Å². The zero-order valence-corrected chi connectivity index (χ0v) is 11.0. The normalized spacial score (nSPS) is 13.4. The van der Waals surface area contributed by atoms with E-state index in [9.17, 15) is 0 Å². The van der Waals surface area contributed by atoms with Gasteiger partial charge in [-0.3, -0.25) is 0 Å². The van der Waals surface area contributed by atoms with Crippen molar-refractivity contribution in [3.05, 3.63) is 30.3 Å². The van der Waals surface area contributed by atoms with Crippen molar-refractivity contribution in [2.75, 3.05) is 0 Å². The Morgan fingerprint density at radius 1 is 1.08 bits per heavy atom. The van der Waals surface area contributed by atoms with E-state index in [2.05, 4.69) is 13.8 Å². The molecule has 0 N–H and O–H groups in total. The van der Waals surface area contributed by atoms with Crippen LogP contribution >= 0.6 is 17.9 Å². The molecule has 1 aromatic carbocycles. The van der Waals surface area contributed by atoms with Crippen molar-refractivity contribution in [2.45, 2.75) is 17.8 Å². The van der Waals surface area contributed by atoms with Crippen LogP contribution in [0.2, 0.25) is 3.97 Å². The maximum atomic E-state index is 6.35. The second-order valence-corrected chi connectivity index (χ2v) is 17.4. The molecule has 0 saturated carbocycles. The van der Waals surface area contributed by atoms with Crippen molar-refractivity contribution >= 4 is 37.5 Å². The van der Waals surface area contributed by atoms with Gasteiger partial charge >= 0.3 is 85.6 Å². The molecule has 1 rings (SSSR count). The van der Waals surface area contributed by atoms with Gasteiger partial charge in [-0.25, -0.2) is 0 Å². The van der Waals surface area contributed by atoms with Crippen molar-refractivity contribution in [1.29, 1.82) is 0 Å². The Hall–Kier alpha value is 0.590. The third-order valence-electron chi connectivity index (χ3n) is 1.65. The Balaban J connectivity index is 2.98. The molecule has 0 saturated heterocycles. The summed E-state index contributed by atoms with van der Waals surface area (Å²) in [7, 11) is 12.7. The van der Waals surface area contributed by atoms with E-state index in [1.807, 2.05) is 30.3 Å². The first-order valence-corrected chi connectivity index (χ1v) is 12.2.